The van der Waals surface area contributed by atoms with Crippen LogP contribution in [0.3, 0.4) is 0 Å². The summed E-state index contributed by atoms with van der Waals surface area (Å²) in [7, 11) is 0. The third-order valence-electron chi connectivity index (χ3n) is 5.57. The maximum Gasteiger partial charge on any atom is 0.253 e. The van der Waals surface area contributed by atoms with Crippen molar-refractivity contribution in [2.24, 2.45) is 0 Å². The van der Waals surface area contributed by atoms with E-state index in [0.29, 0.717) is 6.04 Å². The fourth-order valence-electron chi connectivity index (χ4n) is 4.01. The molecule has 0 spiro atoms. The van der Waals surface area contributed by atoms with Gasteiger partial charge in [0.1, 0.15) is 5.82 Å². The number of para-hydroxylation sites is 2. The number of aromatic amines is 1. The van der Waals surface area contributed by atoms with Crippen LogP contribution in [0.4, 0.5) is 0 Å². The first kappa shape index (κ1) is 17.7. The first-order valence-electron chi connectivity index (χ1n) is 9.78. The first-order valence-corrected chi connectivity index (χ1v) is 9.78. The summed E-state index contributed by atoms with van der Waals surface area (Å²) in [6, 6.07) is 16.2. The Labute approximate surface area is 160 Å². The van der Waals surface area contributed by atoms with Crippen LogP contribution in [0, 0.1) is 0 Å². The van der Waals surface area contributed by atoms with Gasteiger partial charge in [0.25, 0.3) is 5.91 Å². The lowest BCUT2D eigenvalue weighted by Gasteiger charge is -2.26. The minimum atomic E-state index is 0.126. The Bertz CT molecular complexity index is 894. The lowest BCUT2D eigenvalue weighted by atomic mass is 10.1. The number of benzene rings is 2. The molecule has 0 aliphatic carbocycles. The normalized spacial score (nSPS) is 17.1. The zero-order chi connectivity index (χ0) is 18.8. The minimum absolute atomic E-state index is 0.126. The van der Waals surface area contributed by atoms with Crippen LogP contribution in [0.1, 0.15) is 30.6 Å². The standard InChI is InChI=1S/C22H26N4O/c1-3-25(4-2)18-13-14-26(15-18)22(27)17-11-9-16(10-12-17)21-23-19-7-5-6-8-20(19)24-21/h5-12,18H,3-4,13-15H2,1-2H3,(H,23,24). The third-order valence-corrected chi connectivity index (χ3v) is 5.57. The highest BCUT2D eigenvalue weighted by Crippen LogP contribution is 2.22. The van der Waals surface area contributed by atoms with Gasteiger partial charge in [-0.05, 0) is 43.8 Å². The van der Waals surface area contributed by atoms with Gasteiger partial charge < -0.3 is 9.88 Å². The van der Waals surface area contributed by atoms with Crippen molar-refractivity contribution >= 4 is 16.9 Å². The van der Waals surface area contributed by atoms with Gasteiger partial charge in [-0.1, -0.05) is 38.1 Å². The van der Waals surface area contributed by atoms with E-state index in [1.54, 1.807) is 0 Å². The number of nitrogens with zero attached hydrogens (tertiary/aromatic N) is 3. The van der Waals surface area contributed by atoms with Crippen molar-refractivity contribution < 1.29 is 4.79 Å². The molecule has 27 heavy (non-hydrogen) atoms. The molecule has 1 atom stereocenters. The Morgan fingerprint density at radius 1 is 1.15 bits per heavy atom. The maximum absolute atomic E-state index is 12.9. The van der Waals surface area contributed by atoms with E-state index in [-0.39, 0.29) is 5.91 Å². The molecule has 5 heteroatoms. The predicted octanol–water partition coefficient (Wildman–Crippen LogP) is 3.79. The molecule has 0 bridgehead atoms. The number of nitrogens with one attached hydrogen (secondary N) is 1. The van der Waals surface area contributed by atoms with Crippen LogP contribution in [0.2, 0.25) is 0 Å². The molecule has 1 N–H and O–H groups in total. The number of fused-ring (bicyclic) bond motifs is 1. The summed E-state index contributed by atoms with van der Waals surface area (Å²) in [5.74, 6) is 0.957. The molecule has 2 heterocycles. The van der Waals surface area contributed by atoms with Gasteiger partial charge in [0.15, 0.2) is 0 Å². The van der Waals surface area contributed by atoms with E-state index in [0.717, 1.165) is 60.6 Å². The van der Waals surface area contributed by atoms with E-state index < -0.39 is 0 Å². The Hall–Kier alpha value is -2.66. The lowest BCUT2D eigenvalue weighted by Crippen LogP contribution is -2.38. The van der Waals surface area contributed by atoms with Crippen LogP contribution in [-0.2, 0) is 0 Å². The molecule has 0 saturated carbocycles. The number of likely N-dealkylation sites (tertiary alicyclic amines) is 1. The molecule has 1 unspecified atom stereocenters. The second-order valence-electron chi connectivity index (χ2n) is 7.09. The number of carbonyl (C=O) groups excluding carboxylic acids is 1. The summed E-state index contributed by atoms with van der Waals surface area (Å²) < 4.78 is 0. The van der Waals surface area contributed by atoms with Crippen LogP contribution in [0.5, 0.6) is 0 Å². The third kappa shape index (κ3) is 3.47. The van der Waals surface area contributed by atoms with Crippen molar-refractivity contribution in [1.82, 2.24) is 19.8 Å². The Kier molecular flexibility index (Phi) is 4.94. The second-order valence-corrected chi connectivity index (χ2v) is 7.09. The topological polar surface area (TPSA) is 52.2 Å². The SMILES string of the molecule is CCN(CC)C1CCN(C(=O)c2ccc(-c3nc4ccccc4[nH]3)cc2)C1. The molecule has 1 aliphatic rings. The number of likely N-dealkylation sites (N-methyl/N-ethyl adjacent to an activating group) is 1. The quantitative estimate of drug-likeness (QED) is 0.751. The molecule has 140 valence electrons. The summed E-state index contributed by atoms with van der Waals surface area (Å²) in [4.78, 5) is 25.3. The monoisotopic (exact) mass is 362 g/mol. The molecule has 1 fully saturated rings. The molecule has 1 aromatic heterocycles. The molecule has 5 nitrogen and oxygen atoms in total. The van der Waals surface area contributed by atoms with Crippen LogP contribution in [0.15, 0.2) is 48.5 Å². The fourth-order valence-corrected chi connectivity index (χ4v) is 4.01. The largest absolute Gasteiger partial charge is 0.338 e. The molecular formula is C22H26N4O. The highest BCUT2D eigenvalue weighted by molar-refractivity contribution is 5.95. The van der Waals surface area contributed by atoms with E-state index in [9.17, 15) is 4.79 Å². The van der Waals surface area contributed by atoms with Crippen molar-refractivity contribution in [3.8, 4) is 11.4 Å². The summed E-state index contributed by atoms with van der Waals surface area (Å²) in [6.45, 7) is 8.11. The van der Waals surface area contributed by atoms with Crippen molar-refractivity contribution in [3.05, 3.63) is 54.1 Å². The van der Waals surface area contributed by atoms with E-state index in [4.69, 9.17) is 0 Å². The first-order chi connectivity index (χ1) is 13.2. The van der Waals surface area contributed by atoms with Crippen molar-refractivity contribution in [2.45, 2.75) is 26.3 Å². The maximum atomic E-state index is 12.9. The number of hydrogen-bond donors (Lipinski definition) is 1. The zero-order valence-electron chi connectivity index (χ0n) is 16.0. The van der Waals surface area contributed by atoms with Gasteiger partial charge in [-0.2, -0.15) is 0 Å². The summed E-state index contributed by atoms with van der Waals surface area (Å²) >= 11 is 0. The summed E-state index contributed by atoms with van der Waals surface area (Å²) in [5.41, 5.74) is 3.71. The number of carbonyl (C=O) groups is 1. The average Bonchev–Trinajstić information content (AvgIpc) is 3.36. The Morgan fingerprint density at radius 3 is 2.59 bits per heavy atom. The van der Waals surface area contributed by atoms with Gasteiger partial charge >= 0.3 is 0 Å². The molecule has 1 aliphatic heterocycles. The molecule has 3 aromatic rings. The van der Waals surface area contributed by atoms with Crippen molar-refractivity contribution in [3.63, 3.8) is 0 Å². The molecule has 4 rings (SSSR count). The molecule has 0 radical (unpaired) electrons. The van der Waals surface area contributed by atoms with E-state index in [2.05, 4.69) is 28.7 Å². The summed E-state index contributed by atoms with van der Waals surface area (Å²) in [6.07, 6.45) is 1.06. The van der Waals surface area contributed by atoms with E-state index in [1.807, 2.05) is 53.4 Å². The smallest absolute Gasteiger partial charge is 0.253 e. The average molecular weight is 362 g/mol. The Balaban J connectivity index is 1.48. The highest BCUT2D eigenvalue weighted by Gasteiger charge is 2.29. The van der Waals surface area contributed by atoms with Crippen molar-refractivity contribution in [2.75, 3.05) is 26.2 Å². The number of amides is 1. The van der Waals surface area contributed by atoms with Gasteiger partial charge in [0.2, 0.25) is 0 Å². The zero-order valence-corrected chi connectivity index (χ0v) is 16.0. The predicted molar refractivity (Wildman–Crippen MR) is 109 cm³/mol. The van der Waals surface area contributed by atoms with E-state index >= 15 is 0 Å². The van der Waals surface area contributed by atoms with Crippen LogP contribution in [-0.4, -0.2) is 57.9 Å². The molecule has 1 amide bonds. The van der Waals surface area contributed by atoms with Gasteiger partial charge in [0.05, 0.1) is 11.0 Å². The van der Waals surface area contributed by atoms with E-state index in [1.165, 1.54) is 0 Å². The lowest BCUT2D eigenvalue weighted by molar-refractivity contribution is 0.0778. The van der Waals surface area contributed by atoms with Crippen LogP contribution >= 0.6 is 0 Å². The minimum Gasteiger partial charge on any atom is -0.338 e. The number of imidazole rings is 1. The number of aromatic nitrogens is 2. The summed E-state index contributed by atoms with van der Waals surface area (Å²) in [5, 5.41) is 0. The van der Waals surface area contributed by atoms with Gasteiger partial charge in [-0.25, -0.2) is 4.98 Å². The second kappa shape index (κ2) is 7.53. The van der Waals surface area contributed by atoms with Gasteiger partial charge in [-0.15, -0.1) is 0 Å². The van der Waals surface area contributed by atoms with Crippen molar-refractivity contribution in [1.29, 1.82) is 0 Å². The number of rotatable bonds is 5. The number of hydrogen-bond acceptors (Lipinski definition) is 3. The highest BCUT2D eigenvalue weighted by atomic mass is 16.2. The van der Waals surface area contributed by atoms with Gasteiger partial charge in [-0.3, -0.25) is 9.69 Å². The van der Waals surface area contributed by atoms with Crippen LogP contribution in [0.25, 0.3) is 22.4 Å². The fraction of sp³-hybridized carbons (Fsp3) is 0.364. The molecular weight excluding hydrogens is 336 g/mol. The van der Waals surface area contributed by atoms with Crippen LogP contribution < -0.4 is 0 Å². The van der Waals surface area contributed by atoms with Gasteiger partial charge in [0, 0.05) is 30.3 Å². The molecule has 2 aromatic carbocycles. The number of H-pyrrole nitrogens is 1. The Morgan fingerprint density at radius 2 is 1.89 bits per heavy atom. The molecule has 1 saturated heterocycles.